The van der Waals surface area contributed by atoms with Gasteiger partial charge in [-0.05, 0) is 78.1 Å². The number of carbonyl (C=O) groups excluding carboxylic acids is 1. The number of nitrogens with one attached hydrogen (secondary N) is 1. The topological polar surface area (TPSA) is 64.1 Å². The lowest BCUT2D eigenvalue weighted by Crippen LogP contribution is -2.38. The maximum Gasteiger partial charge on any atom is 0.251 e. The van der Waals surface area contributed by atoms with E-state index < -0.39 is 0 Å². The van der Waals surface area contributed by atoms with E-state index in [-0.39, 0.29) is 23.7 Å². The number of fused-ring (bicyclic) bond motifs is 1. The minimum Gasteiger partial charge on any atom is -0.487 e. The Bertz CT molecular complexity index is 1620. The highest BCUT2D eigenvalue weighted by Crippen LogP contribution is 2.50. The van der Waals surface area contributed by atoms with Crippen molar-refractivity contribution in [1.82, 2.24) is 15.3 Å². The molecule has 1 saturated carbocycles. The van der Waals surface area contributed by atoms with E-state index in [0.717, 1.165) is 47.0 Å². The molecule has 0 atom stereocenters. The van der Waals surface area contributed by atoms with Crippen molar-refractivity contribution >= 4 is 16.8 Å². The third kappa shape index (κ3) is 5.10. The lowest BCUT2D eigenvalue weighted by Gasteiger charge is -2.44. The molecule has 5 aromatic rings. The SMILES string of the molecule is O=C(NCc1cccnc1)c1ccc(OCc2ccc3cc(F)ccc3n2)cc1C1(c2ccccc2)CCC1. The number of carbonyl (C=O) groups is 1. The first kappa shape index (κ1) is 24.7. The van der Waals surface area contributed by atoms with Gasteiger partial charge in [0.15, 0.2) is 0 Å². The molecule has 194 valence electrons. The summed E-state index contributed by atoms with van der Waals surface area (Å²) in [6.07, 6.45) is 6.50. The molecule has 0 radical (unpaired) electrons. The average Bonchev–Trinajstić information content (AvgIpc) is 2.95. The minimum atomic E-state index is -0.284. The van der Waals surface area contributed by atoms with Gasteiger partial charge in [-0.15, -0.1) is 0 Å². The van der Waals surface area contributed by atoms with E-state index in [4.69, 9.17) is 4.74 Å². The highest BCUT2D eigenvalue weighted by atomic mass is 19.1. The van der Waals surface area contributed by atoms with E-state index in [1.807, 2.05) is 48.5 Å². The standard InChI is InChI=1S/C33H28FN3O2/c34-26-10-14-31-24(18-26)9-11-27(37-31)22-39-28-12-13-29(32(38)36-21-23-6-4-17-35-20-23)30(19-28)33(15-5-16-33)25-7-2-1-3-8-25/h1-4,6-14,17-20H,5,15-16,21-22H2,(H,36,38). The quantitative estimate of drug-likeness (QED) is 0.247. The van der Waals surface area contributed by atoms with Gasteiger partial charge >= 0.3 is 0 Å². The van der Waals surface area contributed by atoms with Gasteiger partial charge in [0.1, 0.15) is 18.2 Å². The van der Waals surface area contributed by atoms with Crippen molar-refractivity contribution in [3.05, 3.63) is 137 Å². The second-order valence-corrected chi connectivity index (χ2v) is 9.98. The minimum absolute atomic E-state index is 0.119. The van der Waals surface area contributed by atoms with E-state index in [2.05, 4.69) is 39.6 Å². The monoisotopic (exact) mass is 517 g/mol. The van der Waals surface area contributed by atoms with Crippen LogP contribution in [-0.4, -0.2) is 15.9 Å². The maximum absolute atomic E-state index is 13.5. The zero-order valence-electron chi connectivity index (χ0n) is 21.4. The summed E-state index contributed by atoms with van der Waals surface area (Å²) in [5, 5.41) is 3.82. The van der Waals surface area contributed by atoms with Crippen molar-refractivity contribution in [2.45, 2.75) is 37.8 Å². The summed E-state index contributed by atoms with van der Waals surface area (Å²) in [4.78, 5) is 22.2. The summed E-state index contributed by atoms with van der Waals surface area (Å²) in [6.45, 7) is 0.665. The van der Waals surface area contributed by atoms with Crippen LogP contribution in [0.5, 0.6) is 5.75 Å². The van der Waals surface area contributed by atoms with Crippen molar-refractivity contribution in [2.75, 3.05) is 0 Å². The lowest BCUT2D eigenvalue weighted by molar-refractivity contribution is 0.0947. The van der Waals surface area contributed by atoms with Crippen LogP contribution < -0.4 is 10.1 Å². The number of ether oxygens (including phenoxy) is 1. The molecule has 5 nitrogen and oxygen atoms in total. The summed E-state index contributed by atoms with van der Waals surface area (Å²) in [5.74, 6) is 0.275. The fourth-order valence-corrected chi connectivity index (χ4v) is 5.36. The number of halogens is 1. The van der Waals surface area contributed by atoms with Crippen LogP contribution in [0.4, 0.5) is 4.39 Å². The number of benzene rings is 3. The third-order valence-corrected chi connectivity index (χ3v) is 7.56. The lowest BCUT2D eigenvalue weighted by atomic mass is 9.59. The zero-order valence-corrected chi connectivity index (χ0v) is 21.4. The third-order valence-electron chi connectivity index (χ3n) is 7.56. The molecule has 1 aliphatic rings. The van der Waals surface area contributed by atoms with Crippen molar-refractivity contribution in [1.29, 1.82) is 0 Å². The van der Waals surface area contributed by atoms with Crippen molar-refractivity contribution in [3.63, 3.8) is 0 Å². The molecule has 3 aromatic carbocycles. The molecular weight excluding hydrogens is 489 g/mol. The molecule has 1 aliphatic carbocycles. The number of amides is 1. The zero-order chi connectivity index (χ0) is 26.7. The van der Waals surface area contributed by atoms with Crippen LogP contribution in [0.25, 0.3) is 10.9 Å². The first-order chi connectivity index (χ1) is 19.1. The molecule has 6 rings (SSSR count). The molecule has 39 heavy (non-hydrogen) atoms. The first-order valence-electron chi connectivity index (χ1n) is 13.2. The molecule has 6 heteroatoms. The van der Waals surface area contributed by atoms with Crippen LogP contribution in [0.3, 0.4) is 0 Å². The van der Waals surface area contributed by atoms with E-state index in [1.165, 1.54) is 17.7 Å². The number of pyridine rings is 2. The van der Waals surface area contributed by atoms with Crippen LogP contribution >= 0.6 is 0 Å². The molecule has 2 aromatic heterocycles. The molecule has 0 unspecified atom stereocenters. The van der Waals surface area contributed by atoms with Gasteiger partial charge in [-0.2, -0.15) is 0 Å². The smallest absolute Gasteiger partial charge is 0.251 e. The van der Waals surface area contributed by atoms with Crippen molar-refractivity contribution in [3.8, 4) is 5.75 Å². The van der Waals surface area contributed by atoms with E-state index >= 15 is 0 Å². The number of aromatic nitrogens is 2. The van der Waals surface area contributed by atoms with Gasteiger partial charge in [-0.1, -0.05) is 48.9 Å². The Hall–Kier alpha value is -4.58. The van der Waals surface area contributed by atoms with E-state index in [0.29, 0.717) is 17.9 Å². The Morgan fingerprint density at radius 3 is 2.59 bits per heavy atom. The van der Waals surface area contributed by atoms with Crippen LogP contribution in [0.2, 0.25) is 0 Å². The van der Waals surface area contributed by atoms with Gasteiger partial charge in [-0.3, -0.25) is 9.78 Å². The van der Waals surface area contributed by atoms with Gasteiger partial charge in [0, 0.05) is 35.3 Å². The number of hydrogen-bond donors (Lipinski definition) is 1. The summed E-state index contributed by atoms with van der Waals surface area (Å²) in [7, 11) is 0. The Labute approximate surface area is 226 Å². The molecule has 2 heterocycles. The molecule has 1 N–H and O–H groups in total. The first-order valence-corrected chi connectivity index (χ1v) is 13.2. The van der Waals surface area contributed by atoms with Crippen LogP contribution in [-0.2, 0) is 18.6 Å². The second kappa shape index (κ2) is 10.7. The van der Waals surface area contributed by atoms with Gasteiger partial charge < -0.3 is 10.1 Å². The molecular formula is C33H28FN3O2. The van der Waals surface area contributed by atoms with Crippen molar-refractivity contribution in [2.24, 2.45) is 0 Å². The van der Waals surface area contributed by atoms with Crippen molar-refractivity contribution < 1.29 is 13.9 Å². The Kier molecular flexibility index (Phi) is 6.76. The van der Waals surface area contributed by atoms with Crippen LogP contribution in [0.1, 0.15) is 52.0 Å². The average molecular weight is 518 g/mol. The van der Waals surface area contributed by atoms with Crippen LogP contribution in [0.15, 0.2) is 103 Å². The van der Waals surface area contributed by atoms with Gasteiger partial charge in [0.05, 0.1) is 11.2 Å². The Morgan fingerprint density at radius 2 is 1.82 bits per heavy atom. The molecule has 0 aliphatic heterocycles. The fraction of sp³-hybridized carbons (Fsp3) is 0.182. The molecule has 1 amide bonds. The number of nitrogens with zero attached hydrogens (tertiary/aromatic N) is 2. The number of rotatable bonds is 8. The number of hydrogen-bond acceptors (Lipinski definition) is 4. The highest BCUT2D eigenvalue weighted by molar-refractivity contribution is 5.96. The summed E-state index contributed by atoms with van der Waals surface area (Å²) in [5.41, 5.74) is 5.00. The second-order valence-electron chi connectivity index (χ2n) is 9.98. The molecule has 1 fully saturated rings. The molecule has 0 saturated heterocycles. The van der Waals surface area contributed by atoms with Crippen LogP contribution in [0, 0.1) is 5.82 Å². The van der Waals surface area contributed by atoms with Gasteiger partial charge in [0.25, 0.3) is 5.91 Å². The Morgan fingerprint density at radius 1 is 0.949 bits per heavy atom. The van der Waals surface area contributed by atoms with Gasteiger partial charge in [0.2, 0.25) is 0 Å². The summed E-state index contributed by atoms with van der Waals surface area (Å²) >= 11 is 0. The predicted molar refractivity (Wildman–Crippen MR) is 149 cm³/mol. The fourth-order valence-electron chi connectivity index (χ4n) is 5.36. The molecule has 0 spiro atoms. The normalized spacial score (nSPS) is 14.0. The van der Waals surface area contributed by atoms with E-state index in [9.17, 15) is 9.18 Å². The Balaban J connectivity index is 1.30. The predicted octanol–water partition coefficient (Wildman–Crippen LogP) is 6.75. The highest BCUT2D eigenvalue weighted by Gasteiger charge is 2.42. The van der Waals surface area contributed by atoms with Gasteiger partial charge in [-0.25, -0.2) is 9.37 Å². The van der Waals surface area contributed by atoms with E-state index in [1.54, 1.807) is 18.5 Å². The molecule has 0 bridgehead atoms. The largest absolute Gasteiger partial charge is 0.487 e. The summed E-state index contributed by atoms with van der Waals surface area (Å²) < 4.78 is 19.7. The summed E-state index contributed by atoms with van der Waals surface area (Å²) in [6, 6.07) is 28.2. The maximum atomic E-state index is 13.5.